The number of carbonyl (C=O) groups excluding carboxylic acids is 1. The van der Waals surface area contributed by atoms with Crippen molar-refractivity contribution in [3.8, 4) is 0 Å². The second kappa shape index (κ2) is 8.76. The Labute approximate surface area is 177 Å². The molecule has 0 fully saturated rings. The van der Waals surface area contributed by atoms with Crippen LogP contribution in [0.25, 0.3) is 0 Å². The van der Waals surface area contributed by atoms with E-state index in [0.29, 0.717) is 17.1 Å². The largest absolute Gasteiger partial charge is 0.324 e. The quantitative estimate of drug-likeness (QED) is 0.564. The van der Waals surface area contributed by atoms with Gasteiger partial charge in [-0.25, -0.2) is 8.42 Å². The van der Waals surface area contributed by atoms with Crippen molar-refractivity contribution in [2.45, 2.75) is 24.3 Å². The first-order valence-electron chi connectivity index (χ1n) is 8.41. The fourth-order valence-corrected chi connectivity index (χ4v) is 3.73. The van der Waals surface area contributed by atoms with Crippen molar-refractivity contribution in [1.82, 2.24) is 20.0 Å². The zero-order chi connectivity index (χ0) is 21.0. The molecule has 1 amide bonds. The molecule has 3 rings (SSSR count). The van der Waals surface area contributed by atoms with Crippen molar-refractivity contribution in [3.63, 3.8) is 0 Å². The number of hydrogen-bond acceptors (Lipinski definition) is 6. The summed E-state index contributed by atoms with van der Waals surface area (Å²) in [7, 11) is -3.87. The van der Waals surface area contributed by atoms with Gasteiger partial charge in [0.1, 0.15) is 6.04 Å². The Morgan fingerprint density at radius 1 is 1.14 bits per heavy atom. The maximum Gasteiger partial charge on any atom is 0.263 e. The van der Waals surface area contributed by atoms with Crippen LogP contribution < -0.4 is 10.0 Å². The van der Waals surface area contributed by atoms with Crippen molar-refractivity contribution in [3.05, 3.63) is 59.0 Å². The first kappa shape index (κ1) is 21.0. The van der Waals surface area contributed by atoms with Gasteiger partial charge in [0.25, 0.3) is 10.0 Å². The number of rotatable bonds is 7. The van der Waals surface area contributed by atoms with Crippen molar-refractivity contribution in [2.75, 3.05) is 10.0 Å². The van der Waals surface area contributed by atoms with Gasteiger partial charge < -0.3 is 5.32 Å². The highest BCUT2D eigenvalue weighted by Crippen LogP contribution is 2.20. The number of sulfonamides is 1. The molecular formula is C17H16Cl2N6O3S. The number of halogens is 2. The lowest BCUT2D eigenvalue weighted by Crippen LogP contribution is -2.26. The Morgan fingerprint density at radius 3 is 2.41 bits per heavy atom. The van der Waals surface area contributed by atoms with E-state index in [2.05, 4.69) is 25.3 Å². The Kier molecular flexibility index (Phi) is 6.36. The van der Waals surface area contributed by atoms with Crippen LogP contribution >= 0.6 is 23.2 Å². The van der Waals surface area contributed by atoms with Gasteiger partial charge in [-0.2, -0.15) is 5.10 Å². The third-order valence-corrected chi connectivity index (χ3v) is 5.65. The lowest BCUT2D eigenvalue weighted by molar-refractivity contribution is -0.119. The highest BCUT2D eigenvalue weighted by molar-refractivity contribution is 7.92. The van der Waals surface area contributed by atoms with E-state index >= 15 is 0 Å². The fourth-order valence-electron chi connectivity index (χ4n) is 2.49. The van der Waals surface area contributed by atoms with Crippen LogP contribution in [0, 0.1) is 0 Å². The standard InChI is InChI=1S/C17H16Cl2N6O3S/c1-2-14(25-10-11(18)9-20-25)17(26)21-12-3-5-13(6-4-12)29(27,28)24-16-8-7-15(19)22-23-16/h3-10,14H,2H2,1H3,(H,21,26)(H,23,24). The molecule has 2 aromatic heterocycles. The maximum atomic E-state index is 12.5. The Morgan fingerprint density at radius 2 is 1.86 bits per heavy atom. The first-order valence-corrected chi connectivity index (χ1v) is 10.6. The summed E-state index contributed by atoms with van der Waals surface area (Å²) < 4.78 is 28.7. The second-order valence-electron chi connectivity index (χ2n) is 5.92. The van der Waals surface area contributed by atoms with Crippen LogP contribution in [0.3, 0.4) is 0 Å². The number of nitrogens with zero attached hydrogens (tertiary/aromatic N) is 4. The smallest absolute Gasteiger partial charge is 0.263 e. The summed E-state index contributed by atoms with van der Waals surface area (Å²) in [6.07, 6.45) is 3.52. The summed E-state index contributed by atoms with van der Waals surface area (Å²) in [4.78, 5) is 12.5. The molecule has 0 spiro atoms. The van der Waals surface area contributed by atoms with Crippen molar-refractivity contribution in [2.24, 2.45) is 0 Å². The van der Waals surface area contributed by atoms with Gasteiger partial charge >= 0.3 is 0 Å². The van der Waals surface area contributed by atoms with Gasteiger partial charge in [-0.05, 0) is 42.8 Å². The zero-order valence-corrected chi connectivity index (χ0v) is 17.4. The molecular weight excluding hydrogens is 439 g/mol. The number of aromatic nitrogens is 4. The zero-order valence-electron chi connectivity index (χ0n) is 15.1. The molecule has 0 aliphatic carbocycles. The van der Waals surface area contributed by atoms with Crippen LogP contribution in [-0.4, -0.2) is 34.3 Å². The average molecular weight is 455 g/mol. The molecule has 3 aromatic rings. The molecule has 1 aromatic carbocycles. The van der Waals surface area contributed by atoms with Crippen LogP contribution in [0.1, 0.15) is 19.4 Å². The van der Waals surface area contributed by atoms with Crippen LogP contribution in [0.15, 0.2) is 53.7 Å². The van der Waals surface area contributed by atoms with Gasteiger partial charge in [-0.1, -0.05) is 30.1 Å². The highest BCUT2D eigenvalue weighted by Gasteiger charge is 2.20. The van der Waals surface area contributed by atoms with Gasteiger partial charge in [0.15, 0.2) is 11.0 Å². The molecule has 0 aliphatic heterocycles. The molecule has 2 heterocycles. The van der Waals surface area contributed by atoms with Crippen LogP contribution in [0.4, 0.5) is 11.5 Å². The molecule has 0 saturated heterocycles. The summed E-state index contributed by atoms with van der Waals surface area (Å²) >= 11 is 11.5. The van der Waals surface area contributed by atoms with E-state index in [9.17, 15) is 13.2 Å². The summed E-state index contributed by atoms with van der Waals surface area (Å²) in [6.45, 7) is 1.85. The van der Waals surface area contributed by atoms with Crippen LogP contribution in [0.2, 0.25) is 10.2 Å². The number of amides is 1. The SMILES string of the molecule is CCC(C(=O)Nc1ccc(S(=O)(=O)Nc2ccc(Cl)nn2)cc1)n1cc(Cl)cn1. The molecule has 0 bridgehead atoms. The molecule has 9 nitrogen and oxygen atoms in total. The molecule has 1 unspecified atom stereocenters. The predicted molar refractivity (Wildman–Crippen MR) is 109 cm³/mol. The molecule has 0 saturated carbocycles. The summed E-state index contributed by atoms with van der Waals surface area (Å²) in [5, 5.41) is 14.6. The van der Waals surface area contributed by atoms with E-state index in [4.69, 9.17) is 23.2 Å². The monoisotopic (exact) mass is 454 g/mol. The molecule has 152 valence electrons. The lowest BCUT2D eigenvalue weighted by atomic mass is 10.2. The number of carbonyl (C=O) groups is 1. The minimum atomic E-state index is -3.87. The van der Waals surface area contributed by atoms with E-state index in [1.54, 1.807) is 6.20 Å². The Balaban J connectivity index is 1.70. The van der Waals surface area contributed by atoms with Gasteiger partial charge in [-0.3, -0.25) is 14.2 Å². The molecule has 29 heavy (non-hydrogen) atoms. The van der Waals surface area contributed by atoms with Crippen LogP contribution in [-0.2, 0) is 14.8 Å². The fraction of sp³-hybridized carbons (Fsp3) is 0.176. The topological polar surface area (TPSA) is 119 Å². The summed E-state index contributed by atoms with van der Waals surface area (Å²) in [6, 6.07) is 7.98. The van der Waals surface area contributed by atoms with Crippen molar-refractivity contribution in [1.29, 1.82) is 0 Å². The van der Waals surface area contributed by atoms with Gasteiger partial charge in [0.05, 0.1) is 16.1 Å². The number of nitrogens with one attached hydrogen (secondary N) is 2. The number of hydrogen-bond donors (Lipinski definition) is 2. The summed E-state index contributed by atoms with van der Waals surface area (Å²) in [5.74, 6) is -0.257. The van der Waals surface area contributed by atoms with E-state index in [-0.39, 0.29) is 21.8 Å². The van der Waals surface area contributed by atoms with E-state index in [1.807, 2.05) is 6.92 Å². The van der Waals surface area contributed by atoms with E-state index in [0.717, 1.165) is 0 Å². The van der Waals surface area contributed by atoms with Crippen molar-refractivity contribution < 1.29 is 13.2 Å². The number of anilines is 2. The molecule has 12 heteroatoms. The van der Waals surface area contributed by atoms with Gasteiger partial charge in [-0.15, -0.1) is 10.2 Å². The van der Waals surface area contributed by atoms with Gasteiger partial charge in [0.2, 0.25) is 5.91 Å². The second-order valence-corrected chi connectivity index (χ2v) is 8.43. The van der Waals surface area contributed by atoms with Crippen LogP contribution in [0.5, 0.6) is 0 Å². The van der Waals surface area contributed by atoms with E-state index < -0.39 is 16.1 Å². The maximum absolute atomic E-state index is 12.5. The molecule has 0 aliphatic rings. The molecule has 2 N–H and O–H groups in total. The van der Waals surface area contributed by atoms with E-state index in [1.165, 1.54) is 47.3 Å². The minimum Gasteiger partial charge on any atom is -0.324 e. The normalized spacial score (nSPS) is 12.4. The van der Waals surface area contributed by atoms with Crippen molar-refractivity contribution >= 4 is 50.6 Å². The van der Waals surface area contributed by atoms with Gasteiger partial charge in [0, 0.05) is 11.9 Å². The third-order valence-electron chi connectivity index (χ3n) is 3.88. The Bertz CT molecular complexity index is 1100. The lowest BCUT2D eigenvalue weighted by Gasteiger charge is -2.15. The molecule has 0 radical (unpaired) electrons. The average Bonchev–Trinajstić information content (AvgIpc) is 3.10. The molecule has 1 atom stereocenters. The predicted octanol–water partition coefficient (Wildman–Crippen LogP) is 3.37. The third kappa shape index (κ3) is 5.22. The summed E-state index contributed by atoms with van der Waals surface area (Å²) in [5.41, 5.74) is 0.442. The number of benzene rings is 1. The minimum absolute atomic E-state index is 0.00171. The first-order chi connectivity index (χ1) is 13.8. The Hall–Kier alpha value is -2.69. The highest BCUT2D eigenvalue weighted by atomic mass is 35.5.